The number of hydrogen-bond donors (Lipinski definition) is 10. The largest absolute Gasteiger partial charge is 0.508 e. The van der Waals surface area contributed by atoms with Gasteiger partial charge in [0.05, 0.1) is 23.8 Å². The minimum atomic E-state index is -5.80. The van der Waals surface area contributed by atoms with Crippen LogP contribution < -0.4 is 26.6 Å². The van der Waals surface area contributed by atoms with E-state index in [-0.39, 0.29) is 59.1 Å². The van der Waals surface area contributed by atoms with Gasteiger partial charge in [-0.3, -0.25) is 28.5 Å². The number of phosphoric ester groups is 1. The Morgan fingerprint density at radius 2 is 1.56 bits per heavy atom. The number of carbonyl (C=O) groups is 3. The van der Waals surface area contributed by atoms with Crippen LogP contribution in [-0.4, -0.2) is 87.6 Å². The van der Waals surface area contributed by atoms with E-state index < -0.39 is 83.1 Å². The number of aliphatic hydroxyl groups excluding tert-OH is 1. The fourth-order valence-corrected chi connectivity index (χ4v) is 10.4. The van der Waals surface area contributed by atoms with E-state index in [2.05, 4.69) is 23.8 Å². The fourth-order valence-electron chi connectivity index (χ4n) is 7.37. The number of carbonyl (C=O) groups excluding carboxylic acids is 3. The Bertz CT molecular complexity index is 2840. The third-order valence-corrected chi connectivity index (χ3v) is 14.0. The van der Waals surface area contributed by atoms with Gasteiger partial charge >= 0.3 is 35.1 Å². The van der Waals surface area contributed by atoms with Crippen LogP contribution in [0, 0.1) is 0 Å². The summed E-state index contributed by atoms with van der Waals surface area (Å²) in [6, 6.07) is 13.2. The number of aliphatic hydroxyl groups is 1. The van der Waals surface area contributed by atoms with Crippen molar-refractivity contribution in [3.8, 4) is 23.0 Å². The van der Waals surface area contributed by atoms with Gasteiger partial charge in [0.2, 0.25) is 5.91 Å². The van der Waals surface area contributed by atoms with Gasteiger partial charge in [-0.15, -0.1) is 0 Å². The molecule has 28 heteroatoms. The quantitative estimate of drug-likeness (QED) is 0.0413. The number of rotatable bonds is 17. The van der Waals surface area contributed by atoms with Crippen molar-refractivity contribution in [2.24, 2.45) is 0 Å². The molecule has 1 spiro atoms. The van der Waals surface area contributed by atoms with Gasteiger partial charge < -0.3 is 59.7 Å². The molecule has 7 rings (SSSR count). The zero-order chi connectivity index (χ0) is 47.8. The normalized spacial score (nSPS) is 20.1. The summed E-state index contributed by atoms with van der Waals surface area (Å²) in [5.74, 6) is -1.35. The summed E-state index contributed by atoms with van der Waals surface area (Å²) in [4.78, 5) is 103. The van der Waals surface area contributed by atoms with Crippen LogP contribution in [0.4, 0.5) is 0 Å². The molecule has 2 amide bonds. The molecule has 2 unspecified atom stereocenters. The van der Waals surface area contributed by atoms with E-state index in [1.54, 1.807) is 18.2 Å². The molecule has 4 aromatic rings. The minimum Gasteiger partial charge on any atom is -0.508 e. The van der Waals surface area contributed by atoms with Crippen LogP contribution in [0.2, 0.25) is 0 Å². The number of phosphoric acid groups is 3. The lowest BCUT2D eigenvalue weighted by molar-refractivity contribution is -0.120. The summed E-state index contributed by atoms with van der Waals surface area (Å²) in [6.07, 6.45) is 0.347. The minimum absolute atomic E-state index is 0.0624. The third kappa shape index (κ3) is 10.7. The highest BCUT2D eigenvalue weighted by Gasteiger charge is 2.54. The third-order valence-electron chi connectivity index (χ3n) is 10.2. The van der Waals surface area contributed by atoms with Crippen LogP contribution in [0.15, 0.2) is 76.6 Å². The van der Waals surface area contributed by atoms with E-state index in [0.29, 0.717) is 36.0 Å². The van der Waals surface area contributed by atoms with Crippen molar-refractivity contribution in [2.45, 2.75) is 56.1 Å². The summed E-state index contributed by atoms with van der Waals surface area (Å²) >= 11 is 0. The van der Waals surface area contributed by atoms with Gasteiger partial charge in [0.1, 0.15) is 35.3 Å². The average Bonchev–Trinajstić information content (AvgIpc) is 3.73. The number of ether oxygens (including phenoxy) is 3. The zero-order valence-electron chi connectivity index (χ0n) is 33.7. The number of aromatic nitrogens is 2. The van der Waals surface area contributed by atoms with E-state index in [9.17, 15) is 62.8 Å². The highest BCUT2D eigenvalue weighted by Crippen LogP contribution is 2.66. The van der Waals surface area contributed by atoms with Gasteiger partial charge in [0.15, 0.2) is 5.60 Å². The molecule has 1 aromatic heterocycles. The topological polar surface area (TPSA) is 378 Å². The van der Waals surface area contributed by atoms with Crippen LogP contribution in [0.25, 0.3) is 6.08 Å². The molecule has 0 saturated carbocycles. The maximum Gasteiger partial charge on any atom is 0.490 e. The number of nitrogens with one attached hydrogen (secondary N) is 3. The molecule has 0 bridgehead atoms. The number of phenolic OH excluding ortho intramolecular Hbond substituents is 2. The van der Waals surface area contributed by atoms with E-state index in [0.717, 1.165) is 17.0 Å². The molecule has 4 heterocycles. The summed E-state index contributed by atoms with van der Waals surface area (Å²) in [7, 11) is -17.0. The van der Waals surface area contributed by atoms with Crippen molar-refractivity contribution in [3.63, 3.8) is 0 Å². The number of aromatic amines is 1. The Kier molecular flexibility index (Phi) is 13.7. The summed E-state index contributed by atoms with van der Waals surface area (Å²) in [6.45, 7) is -0.751. The van der Waals surface area contributed by atoms with Crippen molar-refractivity contribution in [2.75, 3.05) is 13.2 Å². The number of phenols is 2. The van der Waals surface area contributed by atoms with Gasteiger partial charge in [-0.25, -0.2) is 23.3 Å². The van der Waals surface area contributed by atoms with Crippen molar-refractivity contribution in [1.29, 1.82) is 0 Å². The maximum absolute atomic E-state index is 13.3. The number of amides is 2. The van der Waals surface area contributed by atoms with E-state index in [1.165, 1.54) is 42.5 Å². The van der Waals surface area contributed by atoms with Crippen molar-refractivity contribution in [1.82, 2.24) is 20.2 Å². The smallest absolute Gasteiger partial charge is 0.490 e. The molecule has 0 aliphatic carbocycles. The van der Waals surface area contributed by atoms with E-state index >= 15 is 0 Å². The summed E-state index contributed by atoms with van der Waals surface area (Å²) in [5, 5.41) is 36.1. The van der Waals surface area contributed by atoms with E-state index in [1.807, 2.05) is 4.98 Å². The summed E-state index contributed by atoms with van der Waals surface area (Å²) < 4.78 is 64.6. The van der Waals surface area contributed by atoms with Crippen molar-refractivity contribution < 1.29 is 90.3 Å². The molecule has 3 aliphatic heterocycles. The highest BCUT2D eigenvalue weighted by molar-refractivity contribution is 7.66. The number of hydrogen-bond acceptors (Lipinski definition) is 17. The van der Waals surface area contributed by atoms with Crippen molar-refractivity contribution in [3.05, 3.63) is 121 Å². The predicted octanol–water partition coefficient (Wildman–Crippen LogP) is 2.58. The second-order valence-corrected chi connectivity index (χ2v) is 19.3. The fraction of sp³-hybridized carbons (Fsp3) is 0.289. The molecule has 3 aromatic carbocycles. The highest BCUT2D eigenvalue weighted by atomic mass is 31.3. The van der Waals surface area contributed by atoms with Crippen LogP contribution in [-0.2, 0) is 46.7 Å². The van der Waals surface area contributed by atoms with Crippen molar-refractivity contribution >= 4 is 47.3 Å². The number of H-pyrrole nitrogens is 1. The van der Waals surface area contributed by atoms with Crippen LogP contribution in [0.5, 0.6) is 23.0 Å². The molecule has 25 nitrogen and oxygen atoms in total. The monoisotopic (exact) mass is 980 g/mol. The van der Waals surface area contributed by atoms with Crippen LogP contribution in [0.1, 0.15) is 81.3 Å². The van der Waals surface area contributed by atoms with Crippen LogP contribution >= 0.6 is 23.5 Å². The first kappa shape index (κ1) is 48.2. The van der Waals surface area contributed by atoms with Gasteiger partial charge in [0.25, 0.3) is 11.5 Å². The Balaban J connectivity index is 0.882. The maximum atomic E-state index is 13.3. The Hall–Kier alpha value is -5.78. The van der Waals surface area contributed by atoms with E-state index in [4.69, 9.17) is 24.0 Å². The van der Waals surface area contributed by atoms with Crippen LogP contribution in [0.3, 0.4) is 0 Å². The average molecular weight is 981 g/mol. The standard InChI is InChI=1S/C38H39N4O21P3/c43-22-6-9-25-29(15-22)59-30-16-23(44)7-10-26(30)38(25)27-14-20(5-8-24(27)36(49)61-38)34(47)40-12-3-1-2-4-32(46)39-13-11-21-18-42(37(50)41-35(21)48)33-17-28(45)31(60-33)19-58-65(54,55)63-66(56,57)62-64(51,52)53/h5-11,13-16,18,28,31,33,43-45H,1-4,12,17,19H2,(H,39,46)(H,40,47)(H,54,55)(H,56,57)(H,41,48,50)(H2,51,52,53)/b13-11+/t28-,31+,33+/m0/s1. The lowest BCUT2D eigenvalue weighted by atomic mass is 9.77. The number of benzene rings is 3. The number of fused-ring (bicyclic) bond motifs is 6. The molecular formula is C38H39N4O21P3. The first-order chi connectivity index (χ1) is 31.0. The molecule has 352 valence electrons. The summed E-state index contributed by atoms with van der Waals surface area (Å²) in [5.41, 5.74) is -1.91. The van der Waals surface area contributed by atoms with Gasteiger partial charge in [-0.2, -0.15) is 8.62 Å². The number of unbranched alkanes of at least 4 members (excludes halogenated alkanes) is 2. The molecule has 10 N–H and O–H groups in total. The molecule has 1 fully saturated rings. The second-order valence-electron chi connectivity index (χ2n) is 14.8. The number of esters is 1. The number of nitrogens with zero attached hydrogens (tertiary/aromatic N) is 1. The first-order valence-electron chi connectivity index (χ1n) is 19.5. The SMILES string of the molecule is O=C(CCCCCNC(=O)c1ccc2c(c1)C1(OC2=O)c2ccc(O)cc2Oc2cc(O)ccc21)N/C=C/c1cn([C@H]2C[C@H](O)[C@@H](COP(=O)(O)OP(=O)(O)OP(=O)(O)O)O2)c(=O)[nH]c1=O. The number of aromatic hydroxyl groups is 2. The molecule has 5 atom stereocenters. The Morgan fingerprint density at radius 1 is 0.879 bits per heavy atom. The first-order valence-corrected chi connectivity index (χ1v) is 24.0. The molecule has 0 radical (unpaired) electrons. The molecule has 3 aliphatic rings. The lowest BCUT2D eigenvalue weighted by Crippen LogP contribution is -2.33. The van der Waals surface area contributed by atoms with Gasteiger partial charge in [0, 0.05) is 66.2 Å². The molecule has 66 heavy (non-hydrogen) atoms. The molecular weight excluding hydrogens is 941 g/mol. The Morgan fingerprint density at radius 3 is 2.23 bits per heavy atom. The zero-order valence-corrected chi connectivity index (χ0v) is 36.4. The van der Waals surface area contributed by atoms with Gasteiger partial charge in [-0.05, 0) is 61.4 Å². The molecule has 1 saturated heterocycles. The second kappa shape index (κ2) is 18.8. The van der Waals surface area contributed by atoms with Gasteiger partial charge in [-0.1, -0.05) is 6.42 Å². The predicted molar refractivity (Wildman–Crippen MR) is 222 cm³/mol. The lowest BCUT2D eigenvalue weighted by Gasteiger charge is -2.36. The Labute approximate surface area is 370 Å².